The van der Waals surface area contributed by atoms with Crippen LogP contribution in [0.3, 0.4) is 0 Å². The van der Waals surface area contributed by atoms with Gasteiger partial charge in [0.05, 0.1) is 24.7 Å². The number of methoxy groups -OCH3 is 1. The van der Waals surface area contributed by atoms with Crippen LogP contribution in [0.25, 0.3) is 11.0 Å². The van der Waals surface area contributed by atoms with E-state index < -0.39 is 15.8 Å². The lowest BCUT2D eigenvalue weighted by Gasteiger charge is -2.33. The van der Waals surface area contributed by atoms with E-state index in [2.05, 4.69) is 14.5 Å². The number of aromatic nitrogens is 2. The number of hydrogen-bond donors (Lipinski definition) is 0. The van der Waals surface area contributed by atoms with Gasteiger partial charge in [0.2, 0.25) is 10.0 Å². The molecule has 7 nitrogen and oxygen atoms in total. The predicted octanol–water partition coefficient (Wildman–Crippen LogP) is 2.23. The average molecular weight is 418 g/mol. The summed E-state index contributed by atoms with van der Waals surface area (Å²) in [7, 11) is -0.468. The zero-order chi connectivity index (χ0) is 20.6. The van der Waals surface area contributed by atoms with Crippen LogP contribution >= 0.6 is 0 Å². The van der Waals surface area contributed by atoms with Crippen molar-refractivity contribution >= 4 is 21.1 Å². The maximum Gasteiger partial charge on any atom is 0.246 e. The Morgan fingerprint density at radius 1 is 1.10 bits per heavy atom. The first-order chi connectivity index (χ1) is 13.9. The lowest BCUT2D eigenvalue weighted by atomic mass is 10.3. The van der Waals surface area contributed by atoms with E-state index in [-0.39, 0.29) is 10.6 Å². The highest BCUT2D eigenvalue weighted by molar-refractivity contribution is 7.89. The Hall–Kier alpha value is -2.49. The van der Waals surface area contributed by atoms with E-state index in [1.54, 1.807) is 0 Å². The fraction of sp³-hybridized carbons (Fsp3) is 0.350. The van der Waals surface area contributed by atoms with Gasteiger partial charge in [-0.15, -0.1) is 0 Å². The van der Waals surface area contributed by atoms with E-state index in [4.69, 9.17) is 4.74 Å². The van der Waals surface area contributed by atoms with E-state index in [1.807, 2.05) is 31.3 Å². The lowest BCUT2D eigenvalue weighted by molar-refractivity contribution is 0.177. The van der Waals surface area contributed by atoms with Gasteiger partial charge in [0.1, 0.15) is 22.3 Å². The summed E-state index contributed by atoms with van der Waals surface area (Å²) in [6.07, 6.45) is 0. The smallest absolute Gasteiger partial charge is 0.246 e. The number of benzene rings is 2. The Kier molecular flexibility index (Phi) is 5.28. The quantitative estimate of drug-likeness (QED) is 0.636. The van der Waals surface area contributed by atoms with Gasteiger partial charge < -0.3 is 9.30 Å². The van der Waals surface area contributed by atoms with Crippen LogP contribution in [0, 0.1) is 5.82 Å². The topological polar surface area (TPSA) is 67.7 Å². The zero-order valence-corrected chi connectivity index (χ0v) is 17.2. The van der Waals surface area contributed by atoms with Crippen LogP contribution in [0.4, 0.5) is 4.39 Å². The first-order valence-corrected chi connectivity index (χ1v) is 10.8. The van der Waals surface area contributed by atoms with Gasteiger partial charge in [-0.1, -0.05) is 12.1 Å². The molecule has 0 atom stereocenters. The monoisotopic (exact) mass is 418 g/mol. The fourth-order valence-electron chi connectivity index (χ4n) is 3.66. The summed E-state index contributed by atoms with van der Waals surface area (Å²) in [6, 6.07) is 11.5. The Morgan fingerprint density at radius 2 is 1.83 bits per heavy atom. The maximum absolute atomic E-state index is 13.7. The number of aryl methyl sites for hydroxylation is 1. The molecule has 0 unspecified atom stereocenters. The molecule has 1 aliphatic heterocycles. The van der Waals surface area contributed by atoms with Crippen LogP contribution < -0.4 is 4.74 Å². The molecule has 29 heavy (non-hydrogen) atoms. The fourth-order valence-corrected chi connectivity index (χ4v) is 5.25. The van der Waals surface area contributed by atoms with Crippen molar-refractivity contribution in [2.75, 3.05) is 33.3 Å². The largest absolute Gasteiger partial charge is 0.495 e. The summed E-state index contributed by atoms with van der Waals surface area (Å²) in [4.78, 5) is 6.73. The first-order valence-electron chi connectivity index (χ1n) is 9.36. The molecule has 0 aliphatic carbocycles. The van der Waals surface area contributed by atoms with Crippen LogP contribution in [0.5, 0.6) is 5.75 Å². The molecular formula is C20H23FN4O3S. The number of nitrogens with zero attached hydrogens (tertiary/aromatic N) is 4. The van der Waals surface area contributed by atoms with Crippen molar-refractivity contribution in [3.05, 3.63) is 54.1 Å². The summed E-state index contributed by atoms with van der Waals surface area (Å²) in [5.41, 5.74) is 2.02. The van der Waals surface area contributed by atoms with Gasteiger partial charge in [0, 0.05) is 33.2 Å². The van der Waals surface area contributed by atoms with Gasteiger partial charge >= 0.3 is 0 Å². The highest BCUT2D eigenvalue weighted by atomic mass is 32.2. The minimum absolute atomic E-state index is 0.135. The standard InChI is InChI=1S/C20H23FN4O3S/c1-23-17-6-4-3-5-16(17)22-20(23)14-24-9-11-25(12-10-24)29(26,27)19-13-15(21)7-8-18(19)28-2/h3-8,13H,9-12,14H2,1-2H3. The molecule has 1 fully saturated rings. The first kappa shape index (κ1) is 19.8. The van der Waals surface area contributed by atoms with Crippen molar-refractivity contribution in [2.45, 2.75) is 11.4 Å². The molecule has 0 amide bonds. The van der Waals surface area contributed by atoms with Crippen molar-refractivity contribution < 1.29 is 17.5 Å². The number of hydrogen-bond acceptors (Lipinski definition) is 5. The summed E-state index contributed by atoms with van der Waals surface area (Å²) in [5.74, 6) is 0.479. The van der Waals surface area contributed by atoms with Crippen LogP contribution in [0.1, 0.15) is 5.82 Å². The van der Waals surface area contributed by atoms with Gasteiger partial charge in [-0.05, 0) is 30.3 Å². The van der Waals surface area contributed by atoms with E-state index in [0.29, 0.717) is 32.7 Å². The number of halogens is 1. The summed E-state index contributed by atoms with van der Waals surface area (Å²) in [6.45, 7) is 2.43. The van der Waals surface area contributed by atoms with Crippen molar-refractivity contribution in [1.82, 2.24) is 18.8 Å². The van der Waals surface area contributed by atoms with Crippen LogP contribution in [0.15, 0.2) is 47.4 Å². The molecule has 154 valence electrons. The molecule has 0 radical (unpaired) electrons. The number of rotatable bonds is 5. The van der Waals surface area contributed by atoms with Gasteiger partial charge in [-0.2, -0.15) is 4.31 Å². The molecule has 4 rings (SSSR count). The van der Waals surface area contributed by atoms with E-state index in [0.717, 1.165) is 22.9 Å². The summed E-state index contributed by atoms with van der Waals surface area (Å²) < 4.78 is 48.2. The zero-order valence-electron chi connectivity index (χ0n) is 16.4. The van der Waals surface area contributed by atoms with E-state index in [1.165, 1.54) is 23.5 Å². The molecule has 3 aromatic rings. The van der Waals surface area contributed by atoms with Crippen LogP contribution in [0.2, 0.25) is 0 Å². The van der Waals surface area contributed by atoms with Gasteiger partial charge in [0.25, 0.3) is 0 Å². The Morgan fingerprint density at radius 3 is 2.52 bits per heavy atom. The molecule has 1 aromatic heterocycles. The van der Waals surface area contributed by atoms with Crippen molar-refractivity contribution in [3.63, 3.8) is 0 Å². The molecular weight excluding hydrogens is 395 g/mol. The maximum atomic E-state index is 13.7. The molecule has 0 saturated carbocycles. The average Bonchev–Trinajstić information content (AvgIpc) is 3.04. The second kappa shape index (κ2) is 7.74. The lowest BCUT2D eigenvalue weighted by Crippen LogP contribution is -2.48. The van der Waals surface area contributed by atoms with Crippen LogP contribution in [-0.2, 0) is 23.6 Å². The van der Waals surface area contributed by atoms with E-state index >= 15 is 0 Å². The minimum atomic E-state index is -3.83. The normalized spacial score (nSPS) is 16.4. The summed E-state index contributed by atoms with van der Waals surface area (Å²) in [5, 5.41) is 0. The van der Waals surface area contributed by atoms with Gasteiger partial charge in [0.15, 0.2) is 0 Å². The summed E-state index contributed by atoms with van der Waals surface area (Å²) >= 11 is 0. The Bertz CT molecular complexity index is 1140. The third-order valence-electron chi connectivity index (χ3n) is 5.32. The van der Waals surface area contributed by atoms with Crippen molar-refractivity contribution in [1.29, 1.82) is 0 Å². The minimum Gasteiger partial charge on any atom is -0.495 e. The molecule has 9 heteroatoms. The number of imidazole rings is 1. The number of fused-ring (bicyclic) bond motifs is 1. The second-order valence-electron chi connectivity index (χ2n) is 7.05. The van der Waals surface area contributed by atoms with E-state index in [9.17, 15) is 12.8 Å². The highest BCUT2D eigenvalue weighted by Crippen LogP contribution is 2.28. The van der Waals surface area contributed by atoms with Gasteiger partial charge in [-0.25, -0.2) is 17.8 Å². The SMILES string of the molecule is COc1ccc(F)cc1S(=O)(=O)N1CCN(Cc2nc3ccccc3n2C)CC1. The highest BCUT2D eigenvalue weighted by Gasteiger charge is 2.31. The Balaban J connectivity index is 1.48. The molecule has 1 aliphatic rings. The molecule has 1 saturated heterocycles. The third-order valence-corrected chi connectivity index (χ3v) is 7.24. The number of sulfonamides is 1. The van der Waals surface area contributed by atoms with Crippen molar-refractivity contribution in [3.8, 4) is 5.75 Å². The molecule has 0 bridgehead atoms. The molecule has 2 heterocycles. The predicted molar refractivity (Wildman–Crippen MR) is 108 cm³/mol. The number of para-hydroxylation sites is 2. The molecule has 2 aromatic carbocycles. The second-order valence-corrected chi connectivity index (χ2v) is 8.96. The Labute approximate surface area is 169 Å². The number of ether oxygens (including phenoxy) is 1. The van der Waals surface area contributed by atoms with Gasteiger partial charge in [-0.3, -0.25) is 4.90 Å². The van der Waals surface area contributed by atoms with Crippen molar-refractivity contribution in [2.24, 2.45) is 7.05 Å². The number of piperazine rings is 1. The molecule has 0 spiro atoms. The molecule has 0 N–H and O–H groups in total. The van der Waals surface area contributed by atoms with Crippen LogP contribution in [-0.4, -0.2) is 60.5 Å². The third kappa shape index (κ3) is 3.73.